The molecule has 0 saturated carbocycles. The highest BCUT2D eigenvalue weighted by Crippen LogP contribution is 2.36. The number of aromatic nitrogens is 3. The van der Waals surface area contributed by atoms with Crippen LogP contribution in [0.15, 0.2) is 21.3 Å². The number of carbonyl (C=O) groups excluding carboxylic acids is 1. The summed E-state index contributed by atoms with van der Waals surface area (Å²) in [5.74, 6) is 1.50. The summed E-state index contributed by atoms with van der Waals surface area (Å²) >= 11 is 1.45. The van der Waals surface area contributed by atoms with Crippen molar-refractivity contribution in [2.45, 2.75) is 32.6 Å². The van der Waals surface area contributed by atoms with Crippen molar-refractivity contribution in [3.63, 3.8) is 0 Å². The van der Waals surface area contributed by atoms with Gasteiger partial charge in [0.1, 0.15) is 23.8 Å². The van der Waals surface area contributed by atoms with Gasteiger partial charge in [0.15, 0.2) is 5.82 Å². The molecule has 3 aromatic rings. The maximum atomic E-state index is 12.4. The van der Waals surface area contributed by atoms with Gasteiger partial charge in [-0.3, -0.25) is 0 Å². The van der Waals surface area contributed by atoms with Gasteiger partial charge in [-0.05, 0) is 20.8 Å². The van der Waals surface area contributed by atoms with Crippen LogP contribution in [0.4, 0.5) is 6.01 Å². The van der Waals surface area contributed by atoms with Gasteiger partial charge in [0.25, 0.3) is 6.01 Å². The van der Waals surface area contributed by atoms with Crippen molar-refractivity contribution in [1.29, 1.82) is 0 Å². The fraction of sp³-hybridized carbons (Fsp3) is 0.400. The summed E-state index contributed by atoms with van der Waals surface area (Å²) in [6, 6.07) is 1.43. The number of methoxy groups -OCH3 is 2. The zero-order valence-electron chi connectivity index (χ0n) is 17.9. The summed E-state index contributed by atoms with van der Waals surface area (Å²) in [6.45, 7) is 5.29. The van der Waals surface area contributed by atoms with Crippen molar-refractivity contribution < 1.29 is 28.3 Å². The SMILES string of the molecule is COC(=O)c1c(C)c(OC)cc(O)c1CSCC(Nc1nc(C)co1)c1nc(C)no1. The molecule has 31 heavy (non-hydrogen) atoms. The Bertz CT molecular complexity index is 1060. The number of phenolic OH excluding ortho intramolecular Hbond substituents is 1. The number of oxazole rings is 1. The smallest absolute Gasteiger partial charge is 0.338 e. The topological polar surface area (TPSA) is 133 Å². The van der Waals surface area contributed by atoms with E-state index < -0.39 is 12.0 Å². The number of carbonyl (C=O) groups is 1. The monoisotopic (exact) mass is 448 g/mol. The minimum absolute atomic E-state index is 0.0446. The second kappa shape index (κ2) is 9.73. The molecule has 0 aliphatic rings. The molecule has 0 spiro atoms. The number of rotatable bonds is 9. The molecule has 2 N–H and O–H groups in total. The highest BCUT2D eigenvalue weighted by atomic mass is 32.2. The number of ether oxygens (including phenoxy) is 2. The van der Waals surface area contributed by atoms with Gasteiger partial charge in [0, 0.05) is 28.7 Å². The molecule has 0 aliphatic carbocycles. The van der Waals surface area contributed by atoms with Gasteiger partial charge in [-0.25, -0.2) is 4.79 Å². The Morgan fingerprint density at radius 3 is 2.65 bits per heavy atom. The lowest BCUT2D eigenvalue weighted by Gasteiger charge is -2.17. The second-order valence-corrected chi connectivity index (χ2v) is 7.78. The number of hydrogen-bond donors (Lipinski definition) is 2. The molecule has 1 unspecified atom stereocenters. The van der Waals surface area contributed by atoms with Crippen LogP contribution in [0.2, 0.25) is 0 Å². The van der Waals surface area contributed by atoms with E-state index in [-0.39, 0.29) is 11.3 Å². The molecule has 11 heteroatoms. The molecule has 2 aromatic heterocycles. The molecule has 0 aliphatic heterocycles. The van der Waals surface area contributed by atoms with Crippen LogP contribution >= 0.6 is 11.8 Å². The minimum Gasteiger partial charge on any atom is -0.507 e. The minimum atomic E-state index is -0.542. The van der Waals surface area contributed by atoms with Gasteiger partial charge in [-0.15, -0.1) is 0 Å². The summed E-state index contributed by atoms with van der Waals surface area (Å²) < 4.78 is 20.9. The van der Waals surface area contributed by atoms with Gasteiger partial charge >= 0.3 is 5.97 Å². The first kappa shape index (κ1) is 22.5. The van der Waals surface area contributed by atoms with E-state index in [1.807, 2.05) is 6.92 Å². The fourth-order valence-corrected chi connectivity index (χ4v) is 4.09. The average Bonchev–Trinajstić information content (AvgIpc) is 3.36. The van der Waals surface area contributed by atoms with Crippen molar-refractivity contribution in [2.24, 2.45) is 0 Å². The molecular weight excluding hydrogens is 424 g/mol. The molecule has 0 saturated heterocycles. The Morgan fingerprint density at radius 1 is 1.29 bits per heavy atom. The molecule has 3 rings (SSSR count). The van der Waals surface area contributed by atoms with Crippen LogP contribution in [-0.4, -0.2) is 46.2 Å². The summed E-state index contributed by atoms with van der Waals surface area (Å²) in [4.78, 5) is 20.9. The number of hydrogen-bond acceptors (Lipinski definition) is 11. The summed E-state index contributed by atoms with van der Waals surface area (Å²) in [7, 11) is 2.77. The fourth-order valence-electron chi connectivity index (χ4n) is 3.01. The Hall–Kier alpha value is -3.21. The normalized spacial score (nSPS) is 11.9. The average molecular weight is 449 g/mol. The number of aromatic hydroxyl groups is 1. The van der Waals surface area contributed by atoms with Crippen LogP contribution in [0.3, 0.4) is 0 Å². The zero-order chi connectivity index (χ0) is 22.5. The number of benzene rings is 1. The van der Waals surface area contributed by atoms with Gasteiger partial charge in [0.05, 0.1) is 25.5 Å². The molecule has 0 radical (unpaired) electrons. The number of phenols is 1. The highest BCUT2D eigenvalue weighted by Gasteiger charge is 2.24. The summed E-state index contributed by atoms with van der Waals surface area (Å²) in [5, 5.41) is 17.5. The van der Waals surface area contributed by atoms with E-state index in [4.69, 9.17) is 18.4 Å². The van der Waals surface area contributed by atoms with Crippen LogP contribution in [-0.2, 0) is 10.5 Å². The van der Waals surface area contributed by atoms with Gasteiger partial charge < -0.3 is 28.8 Å². The van der Waals surface area contributed by atoms with E-state index in [1.165, 1.54) is 38.3 Å². The first-order valence-corrected chi connectivity index (χ1v) is 10.5. The quantitative estimate of drug-likeness (QED) is 0.465. The lowest BCUT2D eigenvalue weighted by atomic mass is 10.0. The third-order valence-corrected chi connectivity index (χ3v) is 5.58. The number of nitrogens with one attached hydrogen (secondary N) is 1. The Kier molecular flexibility index (Phi) is 7.06. The van der Waals surface area contributed by atoms with E-state index in [1.54, 1.807) is 13.8 Å². The van der Waals surface area contributed by atoms with Crippen molar-refractivity contribution >= 4 is 23.7 Å². The first-order chi connectivity index (χ1) is 14.8. The number of nitrogens with zero attached hydrogens (tertiary/aromatic N) is 3. The molecule has 10 nitrogen and oxygen atoms in total. The standard InChI is InChI=1S/C20H24N4O6S/c1-10-7-29-20(21-10)23-14(18-22-12(3)24-30-18)9-31-8-13-15(25)6-16(27-4)11(2)17(13)19(26)28-5/h6-7,14,25H,8-9H2,1-5H3,(H,21,23). The Morgan fingerprint density at radius 2 is 2.06 bits per heavy atom. The number of esters is 1. The van der Waals surface area contributed by atoms with Crippen LogP contribution < -0.4 is 10.1 Å². The Balaban J connectivity index is 1.81. The molecular formula is C20H24N4O6S. The predicted octanol–water partition coefficient (Wildman–Crippen LogP) is 3.57. The van der Waals surface area contributed by atoms with Gasteiger partial charge in [-0.2, -0.15) is 21.7 Å². The third kappa shape index (κ3) is 5.10. The number of thioether (sulfide) groups is 1. The van der Waals surface area contributed by atoms with E-state index in [9.17, 15) is 9.90 Å². The van der Waals surface area contributed by atoms with E-state index in [2.05, 4.69) is 20.4 Å². The Labute approximate surface area is 183 Å². The molecule has 0 bridgehead atoms. The van der Waals surface area contributed by atoms with E-state index in [0.29, 0.717) is 46.1 Å². The van der Waals surface area contributed by atoms with Crippen LogP contribution in [0.1, 0.15) is 44.9 Å². The lowest BCUT2D eigenvalue weighted by Crippen LogP contribution is -2.15. The maximum absolute atomic E-state index is 12.4. The van der Waals surface area contributed by atoms with Crippen molar-refractivity contribution in [3.05, 3.63) is 46.4 Å². The number of anilines is 1. The van der Waals surface area contributed by atoms with E-state index >= 15 is 0 Å². The molecule has 166 valence electrons. The third-order valence-electron chi connectivity index (χ3n) is 4.52. The summed E-state index contributed by atoms with van der Waals surface area (Å²) in [6.07, 6.45) is 1.53. The molecule has 0 fully saturated rings. The van der Waals surface area contributed by atoms with Gasteiger partial charge in [-0.1, -0.05) is 5.16 Å². The lowest BCUT2D eigenvalue weighted by molar-refractivity contribution is 0.0598. The van der Waals surface area contributed by atoms with Gasteiger partial charge in [0.2, 0.25) is 5.89 Å². The summed E-state index contributed by atoms with van der Waals surface area (Å²) in [5.41, 5.74) is 2.08. The molecule has 2 heterocycles. The van der Waals surface area contributed by atoms with Crippen LogP contribution in [0, 0.1) is 20.8 Å². The molecule has 0 amide bonds. The van der Waals surface area contributed by atoms with E-state index in [0.717, 1.165) is 5.69 Å². The maximum Gasteiger partial charge on any atom is 0.338 e. The van der Waals surface area contributed by atoms with Crippen molar-refractivity contribution in [1.82, 2.24) is 15.1 Å². The second-order valence-electron chi connectivity index (χ2n) is 6.75. The molecule has 1 atom stereocenters. The highest BCUT2D eigenvalue weighted by molar-refractivity contribution is 7.98. The predicted molar refractivity (Wildman–Crippen MR) is 114 cm³/mol. The van der Waals surface area contributed by atoms with Crippen molar-refractivity contribution in [3.8, 4) is 11.5 Å². The van der Waals surface area contributed by atoms with Crippen LogP contribution in [0.25, 0.3) is 0 Å². The first-order valence-electron chi connectivity index (χ1n) is 9.38. The largest absolute Gasteiger partial charge is 0.507 e. The zero-order valence-corrected chi connectivity index (χ0v) is 18.7. The van der Waals surface area contributed by atoms with Crippen LogP contribution in [0.5, 0.6) is 11.5 Å². The number of aryl methyl sites for hydroxylation is 2. The molecule has 1 aromatic carbocycles. The van der Waals surface area contributed by atoms with Crippen molar-refractivity contribution in [2.75, 3.05) is 25.3 Å².